The van der Waals surface area contributed by atoms with Crippen molar-refractivity contribution in [2.45, 2.75) is 25.6 Å². The summed E-state index contributed by atoms with van der Waals surface area (Å²) in [6, 6.07) is 5.30. The fourth-order valence-corrected chi connectivity index (χ4v) is 2.77. The molecule has 0 saturated heterocycles. The number of halogens is 1. The Morgan fingerprint density at radius 1 is 1.57 bits per heavy atom. The highest BCUT2D eigenvalue weighted by molar-refractivity contribution is 6.30. The molecule has 23 heavy (non-hydrogen) atoms. The van der Waals surface area contributed by atoms with Crippen molar-refractivity contribution in [3.8, 4) is 0 Å². The van der Waals surface area contributed by atoms with Gasteiger partial charge in [0.05, 0.1) is 13.2 Å². The molecule has 3 rings (SSSR count). The molecule has 0 bridgehead atoms. The lowest BCUT2D eigenvalue weighted by molar-refractivity contribution is -0.121. The molecule has 1 aliphatic heterocycles. The molecular weight excluding hydrogens is 318 g/mol. The van der Waals surface area contributed by atoms with Crippen LogP contribution in [0.15, 0.2) is 24.5 Å². The maximum atomic E-state index is 12.3. The number of nitrogens with zero attached hydrogens (tertiary/aromatic N) is 3. The predicted octanol–water partition coefficient (Wildman–Crippen LogP) is 1.23. The molecule has 1 aliphatic rings. The molecule has 0 spiro atoms. The maximum absolute atomic E-state index is 12.3. The van der Waals surface area contributed by atoms with E-state index in [1.165, 1.54) is 0 Å². The van der Waals surface area contributed by atoms with E-state index in [0.29, 0.717) is 37.0 Å². The first-order valence-corrected chi connectivity index (χ1v) is 7.73. The molecule has 1 unspecified atom stereocenters. The number of fused-ring (bicyclic) bond motifs is 1. The molecule has 1 amide bonds. The Labute approximate surface area is 139 Å². The number of carbonyl (C=O) groups is 1. The van der Waals surface area contributed by atoms with Crippen molar-refractivity contribution in [2.24, 2.45) is 0 Å². The number of rotatable bonds is 6. The number of nitrogens with one attached hydrogen (secondary N) is 2. The molecule has 0 radical (unpaired) electrons. The smallest absolute Gasteiger partial charge is 0.243 e. The van der Waals surface area contributed by atoms with Gasteiger partial charge in [-0.2, -0.15) is 0 Å². The number of carbonyl (C=O) groups excluding carboxylic acids is 1. The molecule has 2 aromatic rings. The average Bonchev–Trinajstić information content (AvgIpc) is 3.16. The van der Waals surface area contributed by atoms with E-state index in [0.717, 1.165) is 11.3 Å². The van der Waals surface area contributed by atoms with E-state index in [1.807, 2.05) is 22.8 Å². The second kappa shape index (κ2) is 6.97. The zero-order valence-electron chi connectivity index (χ0n) is 12.8. The van der Waals surface area contributed by atoms with Crippen LogP contribution in [0.4, 0.5) is 5.69 Å². The average molecular weight is 336 g/mol. The predicted molar refractivity (Wildman–Crippen MR) is 86.3 cm³/mol. The van der Waals surface area contributed by atoms with Gasteiger partial charge in [0.15, 0.2) is 5.82 Å². The van der Waals surface area contributed by atoms with Crippen molar-refractivity contribution in [3.05, 3.63) is 40.9 Å². The molecule has 0 saturated carbocycles. The van der Waals surface area contributed by atoms with Gasteiger partial charge in [0.2, 0.25) is 5.91 Å². The van der Waals surface area contributed by atoms with Crippen LogP contribution in [-0.4, -0.2) is 40.4 Å². The molecule has 1 atom stereocenters. The summed E-state index contributed by atoms with van der Waals surface area (Å²) in [5.41, 5.74) is 2.01. The summed E-state index contributed by atoms with van der Waals surface area (Å²) in [7, 11) is 1.64. The van der Waals surface area contributed by atoms with Crippen LogP contribution in [-0.2, 0) is 29.0 Å². The summed E-state index contributed by atoms with van der Waals surface area (Å²) in [4.78, 5) is 12.3. The number of benzene rings is 1. The first kappa shape index (κ1) is 15.8. The summed E-state index contributed by atoms with van der Waals surface area (Å²) in [5.74, 6) is 0.632. The minimum absolute atomic E-state index is 0.0707. The zero-order valence-corrected chi connectivity index (χ0v) is 13.5. The quantitative estimate of drug-likeness (QED) is 0.830. The van der Waals surface area contributed by atoms with Gasteiger partial charge in [0, 0.05) is 30.8 Å². The fourth-order valence-electron chi connectivity index (χ4n) is 2.57. The second-order valence-corrected chi connectivity index (χ2v) is 5.79. The highest BCUT2D eigenvalue weighted by atomic mass is 35.5. The number of hydrogen-bond acceptors (Lipinski definition) is 5. The van der Waals surface area contributed by atoms with E-state index in [9.17, 15) is 4.79 Å². The van der Waals surface area contributed by atoms with Crippen LogP contribution >= 0.6 is 11.6 Å². The van der Waals surface area contributed by atoms with Crippen molar-refractivity contribution in [1.82, 2.24) is 20.1 Å². The Kier molecular flexibility index (Phi) is 4.78. The van der Waals surface area contributed by atoms with Crippen LogP contribution in [0.5, 0.6) is 0 Å². The van der Waals surface area contributed by atoms with Gasteiger partial charge < -0.3 is 19.9 Å². The third-order valence-electron chi connectivity index (χ3n) is 3.79. The van der Waals surface area contributed by atoms with Crippen molar-refractivity contribution in [3.63, 3.8) is 0 Å². The Balaban J connectivity index is 1.56. The van der Waals surface area contributed by atoms with Crippen LogP contribution in [0.3, 0.4) is 0 Å². The summed E-state index contributed by atoms with van der Waals surface area (Å²) < 4.78 is 6.90. The van der Waals surface area contributed by atoms with E-state index < -0.39 is 0 Å². The van der Waals surface area contributed by atoms with Crippen molar-refractivity contribution < 1.29 is 9.53 Å². The molecular formula is C15H18ClN5O2. The van der Waals surface area contributed by atoms with E-state index in [-0.39, 0.29) is 11.9 Å². The zero-order chi connectivity index (χ0) is 16.2. The lowest BCUT2D eigenvalue weighted by Gasteiger charge is -2.12. The summed E-state index contributed by atoms with van der Waals surface area (Å²) in [6.45, 7) is 1.55. The van der Waals surface area contributed by atoms with Crippen LogP contribution in [0.2, 0.25) is 5.02 Å². The molecule has 2 heterocycles. The molecule has 1 aromatic carbocycles. The van der Waals surface area contributed by atoms with Gasteiger partial charge in [-0.15, -0.1) is 10.2 Å². The molecule has 0 fully saturated rings. The SMILES string of the molecule is COCCn1cnnc1CNC(=O)C1Cc2cc(Cl)ccc2N1. The van der Waals surface area contributed by atoms with Gasteiger partial charge in [-0.3, -0.25) is 4.79 Å². The van der Waals surface area contributed by atoms with Gasteiger partial charge >= 0.3 is 0 Å². The monoisotopic (exact) mass is 335 g/mol. The summed E-state index contributed by atoms with van der Waals surface area (Å²) >= 11 is 5.98. The Morgan fingerprint density at radius 3 is 3.26 bits per heavy atom. The van der Waals surface area contributed by atoms with Gasteiger partial charge in [-0.05, 0) is 23.8 Å². The third-order valence-corrected chi connectivity index (χ3v) is 4.03. The molecule has 8 heteroatoms. The minimum atomic E-state index is -0.293. The normalized spacial score (nSPS) is 16.0. The van der Waals surface area contributed by atoms with E-state index in [2.05, 4.69) is 20.8 Å². The number of aromatic nitrogens is 3. The number of amides is 1. The van der Waals surface area contributed by atoms with Crippen molar-refractivity contribution in [2.75, 3.05) is 19.0 Å². The number of ether oxygens (including phenoxy) is 1. The van der Waals surface area contributed by atoms with E-state index in [1.54, 1.807) is 13.4 Å². The lowest BCUT2D eigenvalue weighted by Crippen LogP contribution is -2.38. The Morgan fingerprint density at radius 2 is 2.43 bits per heavy atom. The molecule has 0 aliphatic carbocycles. The molecule has 1 aromatic heterocycles. The first-order valence-electron chi connectivity index (χ1n) is 7.35. The largest absolute Gasteiger partial charge is 0.383 e. The maximum Gasteiger partial charge on any atom is 0.243 e. The Hall–Kier alpha value is -2.12. The minimum Gasteiger partial charge on any atom is -0.383 e. The van der Waals surface area contributed by atoms with Gasteiger partial charge in [-0.25, -0.2) is 0 Å². The van der Waals surface area contributed by atoms with E-state index >= 15 is 0 Å². The third kappa shape index (κ3) is 3.62. The summed E-state index contributed by atoms with van der Waals surface area (Å²) in [5, 5.41) is 14.7. The van der Waals surface area contributed by atoms with Gasteiger partial charge in [-0.1, -0.05) is 11.6 Å². The van der Waals surface area contributed by atoms with Crippen LogP contribution in [0.1, 0.15) is 11.4 Å². The lowest BCUT2D eigenvalue weighted by atomic mass is 10.1. The van der Waals surface area contributed by atoms with Crippen molar-refractivity contribution >= 4 is 23.2 Å². The first-order chi connectivity index (χ1) is 11.2. The highest BCUT2D eigenvalue weighted by Gasteiger charge is 2.26. The second-order valence-electron chi connectivity index (χ2n) is 5.35. The van der Waals surface area contributed by atoms with Crippen molar-refractivity contribution in [1.29, 1.82) is 0 Å². The van der Waals surface area contributed by atoms with Gasteiger partial charge in [0.1, 0.15) is 12.4 Å². The van der Waals surface area contributed by atoms with Crippen LogP contribution < -0.4 is 10.6 Å². The summed E-state index contributed by atoms with van der Waals surface area (Å²) in [6.07, 6.45) is 2.25. The highest BCUT2D eigenvalue weighted by Crippen LogP contribution is 2.28. The van der Waals surface area contributed by atoms with E-state index in [4.69, 9.17) is 16.3 Å². The molecule has 122 valence electrons. The number of hydrogen-bond donors (Lipinski definition) is 2. The number of methoxy groups -OCH3 is 1. The topological polar surface area (TPSA) is 81.1 Å². The fraction of sp³-hybridized carbons (Fsp3) is 0.400. The standard InChI is InChI=1S/C15H18ClN5O2/c1-23-5-4-21-9-18-20-14(21)8-17-15(22)13-7-10-6-11(16)2-3-12(10)19-13/h2-3,6,9,13,19H,4-5,7-8H2,1H3,(H,17,22). The number of anilines is 1. The Bertz CT molecular complexity index is 703. The van der Waals surface area contributed by atoms with Crippen LogP contribution in [0.25, 0.3) is 0 Å². The molecule has 2 N–H and O–H groups in total. The molecule has 7 nitrogen and oxygen atoms in total. The van der Waals surface area contributed by atoms with Gasteiger partial charge in [0.25, 0.3) is 0 Å². The van der Waals surface area contributed by atoms with Crippen LogP contribution in [0, 0.1) is 0 Å².